The fraction of sp³-hybridized carbons (Fsp3) is 0.211. The highest BCUT2D eigenvalue weighted by molar-refractivity contribution is 7.90. The normalized spacial score (nSPS) is 11.1. The van der Waals surface area contributed by atoms with Crippen molar-refractivity contribution in [2.75, 3.05) is 21.3 Å². The van der Waals surface area contributed by atoms with Gasteiger partial charge < -0.3 is 14.2 Å². The second kappa shape index (κ2) is 9.23. The van der Waals surface area contributed by atoms with Crippen molar-refractivity contribution in [3.05, 3.63) is 59.0 Å². The molecular weight excluding hydrogens is 448 g/mol. The van der Waals surface area contributed by atoms with Gasteiger partial charge in [-0.2, -0.15) is 5.10 Å². The first-order chi connectivity index (χ1) is 14.8. The zero-order chi connectivity index (χ0) is 22.6. The van der Waals surface area contributed by atoms with Gasteiger partial charge >= 0.3 is 0 Å². The summed E-state index contributed by atoms with van der Waals surface area (Å²) in [5, 5.41) is 4.31. The van der Waals surface area contributed by atoms with E-state index >= 15 is 0 Å². The van der Waals surface area contributed by atoms with Gasteiger partial charge in [0.05, 0.1) is 27.9 Å². The molecule has 0 aliphatic rings. The summed E-state index contributed by atoms with van der Waals surface area (Å²) in [6, 6.07) is 7.37. The van der Waals surface area contributed by atoms with E-state index in [0.717, 1.165) is 0 Å². The third-order valence-electron chi connectivity index (χ3n) is 4.18. The summed E-state index contributed by atoms with van der Waals surface area (Å²) in [7, 11) is -0.435. The summed E-state index contributed by atoms with van der Waals surface area (Å²) in [5.74, 6) is -0.945. The number of hydrogen-bond donors (Lipinski definition) is 1. The Kier molecular flexibility index (Phi) is 6.66. The molecule has 0 bridgehead atoms. The van der Waals surface area contributed by atoms with Crippen molar-refractivity contribution in [2.45, 2.75) is 11.4 Å². The number of amides is 1. The largest absolute Gasteiger partial charge is 0.495 e. The Hall–Kier alpha value is -3.31. The number of carbonyl (C=O) groups is 1. The number of rotatable bonds is 8. The molecule has 3 aromatic rings. The van der Waals surface area contributed by atoms with E-state index in [9.17, 15) is 13.2 Å². The maximum absolute atomic E-state index is 12.9. The average Bonchev–Trinajstić information content (AvgIpc) is 3.25. The molecule has 3 rings (SSSR count). The number of nitrogens with one attached hydrogen (secondary N) is 1. The molecule has 0 unspecified atom stereocenters. The first-order valence-corrected chi connectivity index (χ1v) is 10.6. The van der Waals surface area contributed by atoms with Crippen molar-refractivity contribution in [2.24, 2.45) is 0 Å². The van der Waals surface area contributed by atoms with Crippen molar-refractivity contribution >= 4 is 27.5 Å². The van der Waals surface area contributed by atoms with E-state index in [1.165, 1.54) is 39.5 Å². The summed E-state index contributed by atoms with van der Waals surface area (Å²) >= 11 is 5.96. The van der Waals surface area contributed by atoms with Gasteiger partial charge in [-0.15, -0.1) is 0 Å². The van der Waals surface area contributed by atoms with Crippen molar-refractivity contribution in [1.29, 1.82) is 0 Å². The Bertz CT molecular complexity index is 1170. The molecule has 0 aliphatic heterocycles. The summed E-state index contributed by atoms with van der Waals surface area (Å²) in [5.41, 5.74) is 0.503. The maximum Gasteiger partial charge on any atom is 0.283 e. The molecule has 12 heteroatoms. The standard InChI is InChI=1S/C19H19ClN4O6S/c1-28-15-9-13(20)10-16(29-2)17(15)31(26,27)23-18(25)14-6-5-12(19(22-14)30-3)11-24-8-4-7-21-24/h4-10H,11H2,1-3H3,(H,23,25). The molecule has 0 aliphatic carbocycles. The zero-order valence-corrected chi connectivity index (χ0v) is 18.4. The highest BCUT2D eigenvalue weighted by Crippen LogP contribution is 2.36. The van der Waals surface area contributed by atoms with E-state index in [-0.39, 0.29) is 33.0 Å². The molecule has 0 radical (unpaired) electrons. The molecule has 0 spiro atoms. The first kappa shape index (κ1) is 22.4. The van der Waals surface area contributed by atoms with E-state index in [1.54, 1.807) is 29.2 Å². The third kappa shape index (κ3) is 4.89. The van der Waals surface area contributed by atoms with E-state index in [0.29, 0.717) is 12.1 Å². The van der Waals surface area contributed by atoms with Crippen LogP contribution in [-0.2, 0) is 16.6 Å². The summed E-state index contributed by atoms with van der Waals surface area (Å²) in [6.45, 7) is 0.364. The van der Waals surface area contributed by atoms with E-state index in [1.807, 2.05) is 4.72 Å². The Labute approximate surface area is 183 Å². The second-order valence-electron chi connectivity index (χ2n) is 6.14. The molecule has 2 heterocycles. The number of halogens is 1. The van der Waals surface area contributed by atoms with Gasteiger partial charge in [-0.3, -0.25) is 9.48 Å². The number of nitrogens with zero attached hydrogens (tertiary/aromatic N) is 3. The summed E-state index contributed by atoms with van der Waals surface area (Å²) in [4.78, 5) is 16.4. The van der Waals surface area contributed by atoms with Crippen LogP contribution >= 0.6 is 11.6 Å². The molecular formula is C19H19ClN4O6S. The van der Waals surface area contributed by atoms with Crippen LogP contribution in [0.1, 0.15) is 16.1 Å². The third-order valence-corrected chi connectivity index (χ3v) is 5.79. The number of benzene rings is 1. The quantitative estimate of drug-likeness (QED) is 0.535. The lowest BCUT2D eigenvalue weighted by Crippen LogP contribution is -2.32. The number of sulfonamides is 1. The number of ether oxygens (including phenoxy) is 3. The Morgan fingerprint density at radius 1 is 1.13 bits per heavy atom. The van der Waals surface area contributed by atoms with Crippen LogP contribution in [-0.4, -0.2) is 50.4 Å². The van der Waals surface area contributed by atoms with Gasteiger partial charge in [0.25, 0.3) is 15.9 Å². The lowest BCUT2D eigenvalue weighted by atomic mass is 10.2. The van der Waals surface area contributed by atoms with Crippen molar-refractivity contribution < 1.29 is 27.4 Å². The van der Waals surface area contributed by atoms with Gasteiger partial charge in [0, 0.05) is 35.1 Å². The number of methoxy groups -OCH3 is 3. The zero-order valence-electron chi connectivity index (χ0n) is 16.8. The Morgan fingerprint density at radius 3 is 2.35 bits per heavy atom. The van der Waals surface area contributed by atoms with Crippen LogP contribution in [0.4, 0.5) is 0 Å². The number of carbonyl (C=O) groups excluding carboxylic acids is 1. The molecule has 31 heavy (non-hydrogen) atoms. The maximum atomic E-state index is 12.9. The molecule has 1 N–H and O–H groups in total. The molecule has 0 saturated carbocycles. The second-order valence-corrected chi connectivity index (χ2v) is 8.20. The fourth-order valence-corrected chi connectivity index (χ4v) is 4.26. The summed E-state index contributed by atoms with van der Waals surface area (Å²) < 4.78 is 44.9. The number of hydrogen-bond acceptors (Lipinski definition) is 8. The lowest BCUT2D eigenvalue weighted by molar-refractivity contribution is 0.0975. The van der Waals surface area contributed by atoms with E-state index in [2.05, 4.69) is 10.1 Å². The van der Waals surface area contributed by atoms with Crippen LogP contribution < -0.4 is 18.9 Å². The topological polar surface area (TPSA) is 122 Å². The monoisotopic (exact) mass is 466 g/mol. The highest BCUT2D eigenvalue weighted by Gasteiger charge is 2.28. The minimum absolute atomic E-state index is 0.0789. The summed E-state index contributed by atoms with van der Waals surface area (Å²) in [6.07, 6.45) is 3.39. The van der Waals surface area contributed by atoms with Gasteiger partial charge in [0.1, 0.15) is 17.2 Å². The van der Waals surface area contributed by atoms with Crippen LogP contribution in [0.3, 0.4) is 0 Å². The van der Waals surface area contributed by atoms with Crippen molar-refractivity contribution in [1.82, 2.24) is 19.5 Å². The van der Waals surface area contributed by atoms with Crippen molar-refractivity contribution in [3.8, 4) is 17.4 Å². The van der Waals surface area contributed by atoms with Crippen LogP contribution in [0, 0.1) is 0 Å². The van der Waals surface area contributed by atoms with Gasteiger partial charge in [0.2, 0.25) is 5.88 Å². The molecule has 164 valence electrons. The van der Waals surface area contributed by atoms with Crippen molar-refractivity contribution in [3.63, 3.8) is 0 Å². The van der Waals surface area contributed by atoms with E-state index < -0.39 is 15.9 Å². The number of aromatic nitrogens is 3. The minimum Gasteiger partial charge on any atom is -0.495 e. The van der Waals surface area contributed by atoms with Crippen LogP contribution in [0.5, 0.6) is 17.4 Å². The van der Waals surface area contributed by atoms with Crippen LogP contribution in [0.15, 0.2) is 47.6 Å². The number of pyridine rings is 1. The first-order valence-electron chi connectivity index (χ1n) is 8.79. The predicted octanol–water partition coefficient (Wildman–Crippen LogP) is 2.12. The van der Waals surface area contributed by atoms with Gasteiger partial charge in [-0.1, -0.05) is 11.6 Å². The Morgan fingerprint density at radius 2 is 1.81 bits per heavy atom. The molecule has 0 fully saturated rings. The molecule has 1 amide bonds. The highest BCUT2D eigenvalue weighted by atomic mass is 35.5. The molecule has 1 aromatic carbocycles. The minimum atomic E-state index is -4.38. The molecule has 0 saturated heterocycles. The van der Waals surface area contributed by atoms with Crippen LogP contribution in [0.25, 0.3) is 0 Å². The molecule has 10 nitrogen and oxygen atoms in total. The fourth-order valence-electron chi connectivity index (χ4n) is 2.80. The average molecular weight is 467 g/mol. The van der Waals surface area contributed by atoms with Gasteiger partial charge in [-0.05, 0) is 18.2 Å². The predicted molar refractivity (Wildman–Crippen MR) is 111 cm³/mol. The smallest absolute Gasteiger partial charge is 0.283 e. The molecule has 0 atom stereocenters. The van der Waals surface area contributed by atoms with Gasteiger partial charge in [0.15, 0.2) is 4.90 Å². The SMILES string of the molecule is COc1cc(Cl)cc(OC)c1S(=O)(=O)NC(=O)c1ccc(Cn2cccn2)c(OC)n1. The Balaban J connectivity index is 1.91. The lowest BCUT2D eigenvalue weighted by Gasteiger charge is -2.15. The van der Waals surface area contributed by atoms with E-state index in [4.69, 9.17) is 25.8 Å². The van der Waals surface area contributed by atoms with Crippen LogP contribution in [0.2, 0.25) is 5.02 Å². The molecule has 2 aromatic heterocycles. The van der Waals surface area contributed by atoms with Gasteiger partial charge in [-0.25, -0.2) is 18.1 Å².